The smallest absolute Gasteiger partial charge is 0.261 e. The second-order valence-electron chi connectivity index (χ2n) is 10.6. The third-order valence-corrected chi connectivity index (χ3v) is 12.1. The molecule has 0 heterocycles. The predicted molar refractivity (Wildman–Crippen MR) is 155 cm³/mol. The van der Waals surface area contributed by atoms with Crippen molar-refractivity contribution in [1.82, 2.24) is 0 Å². The van der Waals surface area contributed by atoms with Gasteiger partial charge in [0.1, 0.15) is 5.75 Å². The molecule has 0 amide bonds. The van der Waals surface area contributed by atoms with E-state index in [2.05, 4.69) is 75.9 Å². The van der Waals surface area contributed by atoms with Gasteiger partial charge in [0.05, 0.1) is 32.5 Å². The third-order valence-electron chi connectivity index (χ3n) is 7.06. The number of aliphatic hydroxyl groups is 1. The molecule has 0 radical (unpaired) electrons. The standard InChI is InChI=1S/C32H42O4Si/c1-7-14-30(33)25(2)31(24-35-23-26-19-21-27(34-6)22-20-26)36-37(32(3,4)5,28-15-10-8-11-16-28)29-17-12-9-13-18-29/h7-13,15-22,25,30-31,33H,1,14,23-24H2,2-6H3/t25-,30+,31-/m1/s1. The molecule has 3 rings (SSSR count). The van der Waals surface area contributed by atoms with Gasteiger partial charge in [0.25, 0.3) is 8.32 Å². The van der Waals surface area contributed by atoms with Gasteiger partial charge in [0.15, 0.2) is 0 Å². The largest absolute Gasteiger partial charge is 0.497 e. The van der Waals surface area contributed by atoms with E-state index < -0.39 is 14.4 Å². The average molecular weight is 519 g/mol. The van der Waals surface area contributed by atoms with Crippen molar-refractivity contribution in [1.29, 1.82) is 0 Å². The lowest BCUT2D eigenvalue weighted by atomic mass is 9.96. The van der Waals surface area contributed by atoms with Crippen LogP contribution in [0.5, 0.6) is 5.75 Å². The second kappa shape index (κ2) is 13.2. The summed E-state index contributed by atoms with van der Waals surface area (Å²) in [7, 11) is -1.16. The first kappa shape index (κ1) is 28.9. The monoisotopic (exact) mass is 518 g/mol. The van der Waals surface area contributed by atoms with Gasteiger partial charge in [-0.05, 0) is 39.5 Å². The second-order valence-corrected chi connectivity index (χ2v) is 14.9. The number of rotatable bonds is 13. The van der Waals surface area contributed by atoms with Crippen LogP contribution in [-0.2, 0) is 15.8 Å². The van der Waals surface area contributed by atoms with Crippen molar-refractivity contribution in [3.8, 4) is 5.75 Å². The van der Waals surface area contributed by atoms with Crippen molar-refractivity contribution < 1.29 is 19.0 Å². The van der Waals surface area contributed by atoms with Crippen LogP contribution < -0.4 is 15.1 Å². The van der Waals surface area contributed by atoms with Crippen molar-refractivity contribution in [2.75, 3.05) is 13.7 Å². The molecule has 0 spiro atoms. The Balaban J connectivity index is 1.99. The molecule has 4 nitrogen and oxygen atoms in total. The fraction of sp³-hybridized carbons (Fsp3) is 0.375. The number of hydrogen-bond donors (Lipinski definition) is 1. The highest BCUT2D eigenvalue weighted by molar-refractivity contribution is 6.99. The Labute approximate surface area is 224 Å². The van der Waals surface area contributed by atoms with Crippen LogP contribution in [0.3, 0.4) is 0 Å². The van der Waals surface area contributed by atoms with Gasteiger partial charge in [-0.1, -0.05) is 107 Å². The predicted octanol–water partition coefficient (Wildman–Crippen LogP) is 5.73. The maximum absolute atomic E-state index is 11.0. The van der Waals surface area contributed by atoms with Crippen LogP contribution >= 0.6 is 0 Å². The van der Waals surface area contributed by atoms with E-state index in [1.54, 1.807) is 13.2 Å². The highest BCUT2D eigenvalue weighted by Gasteiger charge is 2.52. The Morgan fingerprint density at radius 3 is 1.89 bits per heavy atom. The number of benzene rings is 3. The van der Waals surface area contributed by atoms with Gasteiger partial charge < -0.3 is 19.0 Å². The summed E-state index contributed by atoms with van der Waals surface area (Å²) >= 11 is 0. The fourth-order valence-electron chi connectivity index (χ4n) is 4.86. The SMILES string of the molecule is C=CC[C@H](O)[C@@H](C)[C@@H](COCc1ccc(OC)cc1)O[Si](c1ccccc1)(c1ccccc1)C(C)(C)C. The van der Waals surface area contributed by atoms with Crippen LogP contribution in [0.1, 0.15) is 39.7 Å². The minimum absolute atomic E-state index is 0.157. The highest BCUT2D eigenvalue weighted by Crippen LogP contribution is 2.38. The van der Waals surface area contributed by atoms with E-state index in [4.69, 9.17) is 13.9 Å². The fourth-order valence-corrected chi connectivity index (χ4v) is 9.61. The molecule has 3 atom stereocenters. The molecule has 3 aromatic rings. The van der Waals surface area contributed by atoms with E-state index in [-0.39, 0.29) is 17.1 Å². The Hall–Kier alpha value is -2.70. The molecule has 0 saturated carbocycles. The molecular weight excluding hydrogens is 476 g/mol. The molecule has 0 unspecified atom stereocenters. The lowest BCUT2D eigenvalue weighted by Gasteiger charge is -2.46. The Kier molecular flexibility index (Phi) is 10.3. The summed E-state index contributed by atoms with van der Waals surface area (Å²) in [6.45, 7) is 13.5. The minimum atomic E-state index is -2.82. The molecule has 0 fully saturated rings. The van der Waals surface area contributed by atoms with Gasteiger partial charge in [0.2, 0.25) is 0 Å². The summed E-state index contributed by atoms with van der Waals surface area (Å²) in [6, 6.07) is 29.0. The summed E-state index contributed by atoms with van der Waals surface area (Å²) in [5.41, 5.74) is 1.06. The normalized spacial score (nSPS) is 14.5. The van der Waals surface area contributed by atoms with Gasteiger partial charge in [-0.2, -0.15) is 0 Å². The zero-order valence-electron chi connectivity index (χ0n) is 22.9. The Bertz CT molecular complexity index is 1040. The van der Waals surface area contributed by atoms with E-state index in [9.17, 15) is 5.11 Å². The summed E-state index contributed by atoms with van der Waals surface area (Å²) in [5, 5.41) is 13.2. The Morgan fingerprint density at radius 2 is 1.43 bits per heavy atom. The van der Waals surface area contributed by atoms with Crippen LogP contribution in [0, 0.1) is 5.92 Å². The first-order valence-electron chi connectivity index (χ1n) is 13.0. The van der Waals surface area contributed by atoms with Crippen LogP contribution in [0.25, 0.3) is 0 Å². The molecule has 0 aliphatic carbocycles. The molecule has 198 valence electrons. The molecule has 0 bridgehead atoms. The molecule has 3 aromatic carbocycles. The van der Waals surface area contributed by atoms with Crippen molar-refractivity contribution in [3.63, 3.8) is 0 Å². The quantitative estimate of drug-likeness (QED) is 0.232. The maximum Gasteiger partial charge on any atom is 0.261 e. The molecule has 0 aromatic heterocycles. The van der Waals surface area contributed by atoms with Crippen molar-refractivity contribution in [3.05, 3.63) is 103 Å². The summed E-state index contributed by atoms with van der Waals surface area (Å²) in [4.78, 5) is 0. The summed E-state index contributed by atoms with van der Waals surface area (Å²) < 4.78 is 18.9. The number of hydrogen-bond acceptors (Lipinski definition) is 4. The van der Waals surface area contributed by atoms with Crippen LogP contribution in [0.2, 0.25) is 5.04 Å². The number of aliphatic hydroxyl groups excluding tert-OH is 1. The van der Waals surface area contributed by atoms with Gasteiger partial charge >= 0.3 is 0 Å². The lowest BCUT2D eigenvalue weighted by molar-refractivity contribution is -0.0262. The van der Waals surface area contributed by atoms with Gasteiger partial charge in [-0.25, -0.2) is 0 Å². The van der Waals surface area contributed by atoms with E-state index in [0.29, 0.717) is 19.6 Å². The van der Waals surface area contributed by atoms with Crippen molar-refractivity contribution >= 4 is 18.7 Å². The van der Waals surface area contributed by atoms with Crippen molar-refractivity contribution in [2.45, 2.75) is 58.0 Å². The van der Waals surface area contributed by atoms with Gasteiger partial charge in [-0.3, -0.25) is 0 Å². The number of ether oxygens (including phenoxy) is 2. The van der Waals surface area contributed by atoms with E-state index in [1.165, 1.54) is 10.4 Å². The molecule has 0 aliphatic heterocycles. The zero-order valence-corrected chi connectivity index (χ0v) is 23.9. The first-order valence-corrected chi connectivity index (χ1v) is 14.9. The van der Waals surface area contributed by atoms with Crippen LogP contribution in [0.4, 0.5) is 0 Å². The lowest BCUT2D eigenvalue weighted by Crippen LogP contribution is -2.68. The third kappa shape index (κ3) is 6.99. The van der Waals surface area contributed by atoms with Crippen molar-refractivity contribution in [2.24, 2.45) is 5.92 Å². The van der Waals surface area contributed by atoms with E-state index in [0.717, 1.165) is 11.3 Å². The van der Waals surface area contributed by atoms with Gasteiger partial charge in [-0.15, -0.1) is 6.58 Å². The first-order chi connectivity index (χ1) is 17.7. The maximum atomic E-state index is 11.0. The highest BCUT2D eigenvalue weighted by atomic mass is 28.4. The molecule has 37 heavy (non-hydrogen) atoms. The van der Waals surface area contributed by atoms with E-state index in [1.807, 2.05) is 43.3 Å². The molecule has 0 aliphatic rings. The van der Waals surface area contributed by atoms with Crippen LogP contribution in [-0.4, -0.2) is 39.3 Å². The molecule has 1 N–H and O–H groups in total. The summed E-state index contributed by atoms with van der Waals surface area (Å²) in [6.07, 6.45) is 1.37. The minimum Gasteiger partial charge on any atom is -0.497 e. The van der Waals surface area contributed by atoms with Crippen LogP contribution in [0.15, 0.2) is 97.6 Å². The average Bonchev–Trinajstić information content (AvgIpc) is 2.91. The number of methoxy groups -OCH3 is 1. The summed E-state index contributed by atoms with van der Waals surface area (Å²) in [5.74, 6) is 0.660. The molecule has 5 heteroatoms. The molecular formula is C32H42O4Si. The Morgan fingerprint density at radius 1 is 0.892 bits per heavy atom. The van der Waals surface area contributed by atoms with E-state index >= 15 is 0 Å². The topological polar surface area (TPSA) is 47.9 Å². The molecule has 0 saturated heterocycles. The zero-order chi connectivity index (χ0) is 26.9. The van der Waals surface area contributed by atoms with Gasteiger partial charge in [0, 0.05) is 5.92 Å².